The molecular formula is C13H13N3O4S. The van der Waals surface area contributed by atoms with Crippen LogP contribution in [0.4, 0.5) is 5.69 Å². The van der Waals surface area contributed by atoms with Crippen LogP contribution < -0.4 is 10.8 Å². The summed E-state index contributed by atoms with van der Waals surface area (Å²) in [6.07, 6.45) is 0. The Morgan fingerprint density at radius 2 is 2.05 bits per heavy atom. The largest absolute Gasteiger partial charge is 0.360 e. The van der Waals surface area contributed by atoms with E-state index < -0.39 is 5.91 Å². The van der Waals surface area contributed by atoms with Gasteiger partial charge in [-0.3, -0.25) is 14.8 Å². The average molecular weight is 307 g/mol. The van der Waals surface area contributed by atoms with Crippen LogP contribution >= 0.6 is 11.8 Å². The fraction of sp³-hybridized carbons (Fsp3) is 0.154. The third-order valence-corrected chi connectivity index (χ3v) is 3.48. The molecule has 0 spiro atoms. The van der Waals surface area contributed by atoms with E-state index in [-0.39, 0.29) is 11.6 Å². The minimum Gasteiger partial charge on any atom is -0.360 e. The Kier molecular flexibility index (Phi) is 4.96. The van der Waals surface area contributed by atoms with E-state index in [1.54, 1.807) is 12.1 Å². The number of amides is 2. The van der Waals surface area contributed by atoms with Crippen molar-refractivity contribution in [3.05, 3.63) is 41.8 Å². The fourth-order valence-electron chi connectivity index (χ4n) is 1.54. The summed E-state index contributed by atoms with van der Waals surface area (Å²) in [6.45, 7) is 1.45. The molecule has 1 aromatic heterocycles. The first kappa shape index (κ1) is 15.1. The van der Waals surface area contributed by atoms with Crippen LogP contribution in [-0.4, -0.2) is 22.2 Å². The molecule has 0 aliphatic rings. The topological polar surface area (TPSA) is 104 Å². The first-order chi connectivity index (χ1) is 10.1. The van der Waals surface area contributed by atoms with Crippen LogP contribution in [0.2, 0.25) is 0 Å². The van der Waals surface area contributed by atoms with Crippen molar-refractivity contribution in [1.29, 1.82) is 0 Å². The Labute approximate surface area is 124 Å². The lowest BCUT2D eigenvalue weighted by Crippen LogP contribution is -2.18. The molecule has 7 nitrogen and oxygen atoms in total. The number of carbonyl (C=O) groups is 2. The lowest BCUT2D eigenvalue weighted by molar-refractivity contribution is -0.114. The Morgan fingerprint density at radius 3 is 2.67 bits per heavy atom. The maximum Gasteiger partial charge on any atom is 0.296 e. The second kappa shape index (κ2) is 6.91. The maximum absolute atomic E-state index is 11.1. The molecule has 0 radical (unpaired) electrons. The van der Waals surface area contributed by atoms with Crippen molar-refractivity contribution < 1.29 is 19.3 Å². The molecule has 8 heteroatoms. The van der Waals surface area contributed by atoms with Gasteiger partial charge < -0.3 is 9.84 Å². The van der Waals surface area contributed by atoms with E-state index in [0.717, 1.165) is 10.6 Å². The van der Waals surface area contributed by atoms with E-state index >= 15 is 0 Å². The average Bonchev–Trinajstić information content (AvgIpc) is 2.94. The van der Waals surface area contributed by atoms with Gasteiger partial charge in [0.25, 0.3) is 5.91 Å². The quantitative estimate of drug-likeness (QED) is 0.443. The summed E-state index contributed by atoms with van der Waals surface area (Å²) in [5.41, 5.74) is 2.24. The van der Waals surface area contributed by atoms with E-state index in [1.165, 1.54) is 30.2 Å². The third kappa shape index (κ3) is 4.33. The number of hydrogen-bond donors (Lipinski definition) is 3. The Bertz CT molecular complexity index is 639. The molecule has 0 fully saturated rings. The molecule has 0 saturated heterocycles. The molecule has 1 heterocycles. The zero-order valence-corrected chi connectivity index (χ0v) is 11.9. The van der Waals surface area contributed by atoms with Crippen molar-refractivity contribution in [2.75, 3.05) is 5.32 Å². The van der Waals surface area contributed by atoms with Gasteiger partial charge in [-0.15, -0.1) is 11.8 Å². The fourth-order valence-corrected chi connectivity index (χ4v) is 2.31. The molecule has 0 aliphatic heterocycles. The van der Waals surface area contributed by atoms with Crippen molar-refractivity contribution in [3.63, 3.8) is 0 Å². The van der Waals surface area contributed by atoms with E-state index in [1.807, 2.05) is 12.1 Å². The number of thioether (sulfide) groups is 1. The van der Waals surface area contributed by atoms with Crippen LogP contribution in [0.1, 0.15) is 23.2 Å². The number of aromatic nitrogens is 1. The van der Waals surface area contributed by atoms with E-state index in [2.05, 4.69) is 10.5 Å². The van der Waals surface area contributed by atoms with Crippen LogP contribution in [0, 0.1) is 0 Å². The Morgan fingerprint density at radius 1 is 1.33 bits per heavy atom. The van der Waals surface area contributed by atoms with Crippen molar-refractivity contribution in [2.24, 2.45) is 0 Å². The maximum atomic E-state index is 11.1. The summed E-state index contributed by atoms with van der Waals surface area (Å²) in [7, 11) is 0. The lowest BCUT2D eigenvalue weighted by atomic mass is 10.3. The van der Waals surface area contributed by atoms with Gasteiger partial charge in [0, 0.05) is 23.6 Å². The van der Waals surface area contributed by atoms with Gasteiger partial charge in [-0.1, -0.05) is 5.16 Å². The standard InChI is InChI=1S/C13H13N3O4S/c1-8(17)14-9-2-4-11(5-3-9)21-7-10-6-12(16-20-10)13(18)15-19/h2-6,19H,7H2,1H3,(H,14,17)(H,15,18). The highest BCUT2D eigenvalue weighted by Gasteiger charge is 2.11. The zero-order valence-electron chi connectivity index (χ0n) is 11.1. The molecule has 110 valence electrons. The summed E-state index contributed by atoms with van der Waals surface area (Å²) < 4.78 is 4.99. The lowest BCUT2D eigenvalue weighted by Gasteiger charge is -2.03. The number of nitrogens with zero attached hydrogens (tertiary/aromatic N) is 1. The highest BCUT2D eigenvalue weighted by atomic mass is 32.2. The molecule has 0 atom stereocenters. The van der Waals surface area contributed by atoms with Gasteiger partial charge >= 0.3 is 0 Å². The van der Waals surface area contributed by atoms with Crippen molar-refractivity contribution >= 4 is 29.3 Å². The molecule has 2 rings (SSSR count). The molecule has 2 amide bonds. The molecule has 2 aromatic rings. The van der Waals surface area contributed by atoms with Crippen molar-refractivity contribution in [2.45, 2.75) is 17.6 Å². The van der Waals surface area contributed by atoms with Gasteiger partial charge in [-0.05, 0) is 24.3 Å². The highest BCUT2D eigenvalue weighted by Crippen LogP contribution is 2.24. The zero-order chi connectivity index (χ0) is 15.2. The number of nitrogens with one attached hydrogen (secondary N) is 2. The first-order valence-corrected chi connectivity index (χ1v) is 6.97. The van der Waals surface area contributed by atoms with Crippen LogP contribution in [0.3, 0.4) is 0 Å². The van der Waals surface area contributed by atoms with Gasteiger partial charge in [0.05, 0.1) is 5.75 Å². The minimum absolute atomic E-state index is 0.0223. The van der Waals surface area contributed by atoms with Gasteiger partial charge in [0.2, 0.25) is 5.91 Å². The molecular weight excluding hydrogens is 294 g/mol. The summed E-state index contributed by atoms with van der Waals surface area (Å²) in [5, 5.41) is 14.7. The van der Waals surface area contributed by atoms with E-state index in [9.17, 15) is 9.59 Å². The summed E-state index contributed by atoms with van der Waals surface area (Å²) in [6, 6.07) is 8.80. The molecule has 0 bridgehead atoms. The second-order valence-electron chi connectivity index (χ2n) is 4.11. The number of hydroxylamine groups is 1. The van der Waals surface area contributed by atoms with Crippen LogP contribution in [0.15, 0.2) is 39.8 Å². The van der Waals surface area contributed by atoms with Crippen molar-refractivity contribution in [3.8, 4) is 0 Å². The monoisotopic (exact) mass is 307 g/mol. The highest BCUT2D eigenvalue weighted by molar-refractivity contribution is 7.98. The van der Waals surface area contributed by atoms with Gasteiger partial charge in [-0.2, -0.15) is 0 Å². The smallest absolute Gasteiger partial charge is 0.296 e. The number of anilines is 1. The van der Waals surface area contributed by atoms with Gasteiger partial charge in [0.15, 0.2) is 5.69 Å². The molecule has 1 aromatic carbocycles. The van der Waals surface area contributed by atoms with Gasteiger partial charge in [-0.25, -0.2) is 5.48 Å². The van der Waals surface area contributed by atoms with E-state index in [0.29, 0.717) is 11.5 Å². The minimum atomic E-state index is -0.713. The molecule has 0 saturated carbocycles. The predicted molar refractivity (Wildman–Crippen MR) is 76.1 cm³/mol. The number of rotatable bonds is 5. The van der Waals surface area contributed by atoms with Crippen LogP contribution in [0.5, 0.6) is 0 Å². The second-order valence-corrected chi connectivity index (χ2v) is 5.16. The number of carbonyl (C=O) groups excluding carboxylic acids is 2. The number of hydrogen-bond acceptors (Lipinski definition) is 6. The predicted octanol–water partition coefficient (Wildman–Crippen LogP) is 2.04. The van der Waals surface area contributed by atoms with Crippen molar-refractivity contribution in [1.82, 2.24) is 10.6 Å². The van der Waals surface area contributed by atoms with E-state index in [4.69, 9.17) is 9.73 Å². The normalized spacial score (nSPS) is 10.2. The Balaban J connectivity index is 1.92. The van der Waals surface area contributed by atoms with Gasteiger partial charge in [0.1, 0.15) is 5.76 Å². The summed E-state index contributed by atoms with van der Waals surface area (Å²) in [4.78, 5) is 23.0. The Hall–Kier alpha value is -2.32. The molecule has 21 heavy (non-hydrogen) atoms. The van der Waals surface area contributed by atoms with Crippen LogP contribution in [-0.2, 0) is 10.5 Å². The number of benzene rings is 1. The molecule has 0 unspecified atom stereocenters. The van der Waals surface area contributed by atoms with Crippen LogP contribution in [0.25, 0.3) is 0 Å². The summed E-state index contributed by atoms with van der Waals surface area (Å²) >= 11 is 1.49. The SMILES string of the molecule is CC(=O)Nc1ccc(SCc2cc(C(=O)NO)no2)cc1. The summed E-state index contributed by atoms with van der Waals surface area (Å²) in [5.74, 6) is 0.177. The third-order valence-electron chi connectivity index (χ3n) is 2.45. The molecule has 0 aliphatic carbocycles. The molecule has 3 N–H and O–H groups in total. The first-order valence-electron chi connectivity index (χ1n) is 5.99.